The molecule has 4 nitrogen and oxygen atoms in total. The first-order chi connectivity index (χ1) is 14.2. The molecule has 0 radical (unpaired) electrons. The Morgan fingerprint density at radius 3 is 2.52 bits per heavy atom. The van der Waals surface area contributed by atoms with Gasteiger partial charge in [0, 0.05) is 12.1 Å². The molecule has 0 saturated heterocycles. The van der Waals surface area contributed by atoms with Gasteiger partial charge in [-0.25, -0.2) is 0 Å². The lowest BCUT2D eigenvalue weighted by Crippen LogP contribution is -2.28. The lowest BCUT2D eigenvalue weighted by atomic mass is 9.97. The summed E-state index contributed by atoms with van der Waals surface area (Å²) in [4.78, 5) is 24.3. The molecule has 0 spiro atoms. The second-order valence-electron chi connectivity index (χ2n) is 7.12. The topological polar surface area (TPSA) is 55.4 Å². The predicted molar refractivity (Wildman–Crippen MR) is 115 cm³/mol. The number of rotatable bonds is 7. The second-order valence-corrected chi connectivity index (χ2v) is 7.12. The van der Waals surface area contributed by atoms with Crippen molar-refractivity contribution in [2.24, 2.45) is 0 Å². The van der Waals surface area contributed by atoms with Crippen molar-refractivity contribution < 1.29 is 14.3 Å². The van der Waals surface area contributed by atoms with Crippen LogP contribution in [0.25, 0.3) is 16.8 Å². The molecule has 1 aliphatic rings. The molecule has 0 bridgehead atoms. The molecule has 0 unspecified atom stereocenters. The van der Waals surface area contributed by atoms with Gasteiger partial charge in [0.15, 0.2) is 12.4 Å². The minimum atomic E-state index is -0.146. The SMILES string of the molecule is CCNC(=O)COc1ccc(/C=C/C(=O)c2ccc3c4c(cccc24)CC3)cc1. The molecule has 0 aliphatic heterocycles. The van der Waals surface area contributed by atoms with Crippen LogP contribution in [0, 0.1) is 0 Å². The minimum Gasteiger partial charge on any atom is -0.484 e. The van der Waals surface area contributed by atoms with Gasteiger partial charge in [-0.3, -0.25) is 9.59 Å². The van der Waals surface area contributed by atoms with Gasteiger partial charge in [0.2, 0.25) is 0 Å². The van der Waals surface area contributed by atoms with Crippen LogP contribution in [0.3, 0.4) is 0 Å². The third-order valence-electron chi connectivity index (χ3n) is 5.19. The van der Waals surface area contributed by atoms with E-state index in [0.717, 1.165) is 29.4 Å². The van der Waals surface area contributed by atoms with Gasteiger partial charge in [-0.1, -0.05) is 48.5 Å². The van der Waals surface area contributed by atoms with Gasteiger partial charge in [0.25, 0.3) is 5.91 Å². The van der Waals surface area contributed by atoms with E-state index >= 15 is 0 Å². The Morgan fingerprint density at radius 2 is 1.76 bits per heavy atom. The van der Waals surface area contributed by atoms with Crippen LogP contribution in [0.4, 0.5) is 0 Å². The Bertz CT molecular complexity index is 1090. The van der Waals surface area contributed by atoms with E-state index in [9.17, 15) is 9.59 Å². The lowest BCUT2D eigenvalue weighted by Gasteiger charge is -2.07. The molecule has 1 N–H and O–H groups in total. The van der Waals surface area contributed by atoms with Gasteiger partial charge in [0.1, 0.15) is 5.75 Å². The smallest absolute Gasteiger partial charge is 0.257 e. The molecule has 29 heavy (non-hydrogen) atoms. The van der Waals surface area contributed by atoms with E-state index in [1.807, 2.05) is 37.3 Å². The van der Waals surface area contributed by atoms with Crippen molar-refractivity contribution in [1.82, 2.24) is 5.32 Å². The van der Waals surface area contributed by atoms with Crippen LogP contribution >= 0.6 is 0 Å². The number of carbonyl (C=O) groups excluding carboxylic acids is 2. The summed E-state index contributed by atoms with van der Waals surface area (Å²) in [6.45, 7) is 2.44. The maximum Gasteiger partial charge on any atom is 0.257 e. The molecule has 146 valence electrons. The number of carbonyl (C=O) groups is 2. The zero-order chi connectivity index (χ0) is 20.2. The van der Waals surface area contributed by atoms with Crippen LogP contribution in [-0.2, 0) is 17.6 Å². The Morgan fingerprint density at radius 1 is 1.00 bits per heavy atom. The maximum atomic E-state index is 12.8. The van der Waals surface area contributed by atoms with E-state index in [1.165, 1.54) is 16.5 Å². The first-order valence-corrected chi connectivity index (χ1v) is 9.91. The number of nitrogens with one attached hydrogen (secondary N) is 1. The highest BCUT2D eigenvalue weighted by molar-refractivity contribution is 6.15. The van der Waals surface area contributed by atoms with Crippen molar-refractivity contribution in [1.29, 1.82) is 0 Å². The quantitative estimate of drug-likeness (QED) is 0.486. The van der Waals surface area contributed by atoms with Crippen LogP contribution in [0.2, 0.25) is 0 Å². The van der Waals surface area contributed by atoms with E-state index in [4.69, 9.17) is 4.74 Å². The number of allylic oxidation sites excluding steroid dienone is 1. The van der Waals surface area contributed by atoms with E-state index in [2.05, 4.69) is 17.4 Å². The normalized spacial score (nSPS) is 12.4. The third-order valence-corrected chi connectivity index (χ3v) is 5.19. The molecule has 0 saturated carbocycles. The molecule has 3 aromatic rings. The van der Waals surface area contributed by atoms with Gasteiger partial charge in [-0.05, 0) is 65.4 Å². The summed E-state index contributed by atoms with van der Waals surface area (Å²) in [5.41, 5.74) is 4.30. The van der Waals surface area contributed by atoms with E-state index in [0.29, 0.717) is 12.3 Å². The number of amides is 1. The number of ketones is 1. The number of ether oxygens (including phenoxy) is 1. The molecule has 0 fully saturated rings. The third kappa shape index (κ3) is 4.06. The molecule has 0 heterocycles. The highest BCUT2D eigenvalue weighted by atomic mass is 16.5. The average molecular weight is 385 g/mol. The van der Waals surface area contributed by atoms with E-state index in [1.54, 1.807) is 24.3 Å². The summed E-state index contributed by atoms with van der Waals surface area (Å²) < 4.78 is 5.44. The highest BCUT2D eigenvalue weighted by Crippen LogP contribution is 2.33. The summed E-state index contributed by atoms with van der Waals surface area (Å²) in [6.07, 6.45) is 5.52. The van der Waals surface area contributed by atoms with Gasteiger partial charge in [0.05, 0.1) is 0 Å². The first-order valence-electron chi connectivity index (χ1n) is 9.91. The summed E-state index contributed by atoms with van der Waals surface area (Å²) in [6, 6.07) is 17.6. The Balaban J connectivity index is 1.47. The fraction of sp³-hybridized carbons (Fsp3) is 0.200. The van der Waals surface area contributed by atoms with E-state index in [-0.39, 0.29) is 18.3 Å². The summed E-state index contributed by atoms with van der Waals surface area (Å²) in [5, 5.41) is 4.98. The first kappa shape index (κ1) is 18.9. The molecule has 1 aliphatic carbocycles. The number of likely N-dealkylation sites (N-methyl/N-ethyl adjacent to an activating group) is 1. The van der Waals surface area contributed by atoms with Crippen molar-refractivity contribution in [3.05, 3.63) is 82.9 Å². The van der Waals surface area contributed by atoms with E-state index < -0.39 is 0 Å². The Kier molecular flexibility index (Phi) is 5.43. The summed E-state index contributed by atoms with van der Waals surface area (Å²) in [5.74, 6) is 0.469. The van der Waals surface area contributed by atoms with Crippen molar-refractivity contribution in [2.75, 3.05) is 13.2 Å². The van der Waals surface area contributed by atoms with Crippen molar-refractivity contribution in [2.45, 2.75) is 19.8 Å². The van der Waals surface area contributed by atoms with Crippen LogP contribution in [0.15, 0.2) is 60.7 Å². The van der Waals surface area contributed by atoms with Crippen LogP contribution in [0.1, 0.15) is 34.0 Å². The number of aryl methyl sites for hydroxylation is 2. The Hall–Kier alpha value is -3.40. The number of hydrogen-bond donors (Lipinski definition) is 1. The zero-order valence-electron chi connectivity index (χ0n) is 16.4. The number of hydrogen-bond acceptors (Lipinski definition) is 3. The second kappa shape index (κ2) is 8.31. The predicted octanol–water partition coefficient (Wildman–Crippen LogP) is 4.35. The molecule has 0 aromatic heterocycles. The van der Waals surface area contributed by atoms with Crippen molar-refractivity contribution in [3.63, 3.8) is 0 Å². The molecule has 0 atom stereocenters. The highest BCUT2D eigenvalue weighted by Gasteiger charge is 2.17. The number of benzene rings is 3. The van der Waals surface area contributed by atoms with Crippen molar-refractivity contribution in [3.8, 4) is 5.75 Å². The molecule has 4 heteroatoms. The minimum absolute atomic E-state index is 0.00263. The van der Waals surface area contributed by atoms with Gasteiger partial charge in [-0.15, -0.1) is 0 Å². The van der Waals surface area contributed by atoms with Crippen LogP contribution < -0.4 is 10.1 Å². The fourth-order valence-electron chi connectivity index (χ4n) is 3.80. The molecule has 3 aromatic carbocycles. The van der Waals surface area contributed by atoms with Gasteiger partial charge >= 0.3 is 0 Å². The lowest BCUT2D eigenvalue weighted by molar-refractivity contribution is -0.122. The molecular formula is C25H23NO3. The zero-order valence-corrected chi connectivity index (χ0v) is 16.4. The summed E-state index contributed by atoms with van der Waals surface area (Å²) in [7, 11) is 0. The maximum absolute atomic E-state index is 12.8. The van der Waals surface area contributed by atoms with Crippen LogP contribution in [0.5, 0.6) is 5.75 Å². The largest absolute Gasteiger partial charge is 0.484 e. The molecule has 4 rings (SSSR count). The molecule has 1 amide bonds. The van der Waals surface area contributed by atoms with Crippen LogP contribution in [-0.4, -0.2) is 24.8 Å². The summed E-state index contributed by atoms with van der Waals surface area (Å²) >= 11 is 0. The fourth-order valence-corrected chi connectivity index (χ4v) is 3.80. The van der Waals surface area contributed by atoms with Gasteiger partial charge < -0.3 is 10.1 Å². The van der Waals surface area contributed by atoms with Crippen molar-refractivity contribution >= 4 is 28.5 Å². The average Bonchev–Trinajstić information content (AvgIpc) is 3.17. The standard InChI is InChI=1S/C25H23NO3/c1-2-26-24(28)16-29-20-12-6-17(7-13-20)8-15-23(27)21-14-11-19-10-9-18-4-3-5-22(21)25(18)19/h3-8,11-15H,2,9-10,16H2,1H3,(H,26,28)/b15-8+. The molecular weight excluding hydrogens is 362 g/mol. The Labute approximate surface area is 170 Å². The van der Waals surface area contributed by atoms with Gasteiger partial charge in [-0.2, -0.15) is 0 Å². The monoisotopic (exact) mass is 385 g/mol.